The second kappa shape index (κ2) is 5.00. The van der Waals surface area contributed by atoms with Crippen LogP contribution in [0.2, 0.25) is 0 Å². The van der Waals surface area contributed by atoms with Crippen LogP contribution in [0.3, 0.4) is 0 Å². The molecule has 0 aliphatic carbocycles. The molecule has 0 aliphatic heterocycles. The van der Waals surface area contributed by atoms with Crippen molar-refractivity contribution in [3.05, 3.63) is 53.5 Å². The maximum absolute atomic E-state index is 11.3. The molecule has 0 spiro atoms. The van der Waals surface area contributed by atoms with Gasteiger partial charge < -0.3 is 0 Å². The molecule has 0 saturated heterocycles. The Hall–Kier alpha value is -1.72. The molecule has 3 nitrogen and oxygen atoms in total. The molecule has 3 aromatic rings. The Morgan fingerprint density at radius 3 is 2.50 bits per heavy atom. The molecule has 1 aromatic heterocycles. The van der Waals surface area contributed by atoms with Crippen molar-refractivity contribution in [2.24, 2.45) is 0 Å². The summed E-state index contributed by atoms with van der Waals surface area (Å²) in [5.41, 5.74) is 3.12. The van der Waals surface area contributed by atoms with Gasteiger partial charge in [0.2, 0.25) is 0 Å². The zero-order chi connectivity index (χ0) is 14.2. The van der Waals surface area contributed by atoms with Gasteiger partial charge in [-0.15, -0.1) is 11.3 Å². The van der Waals surface area contributed by atoms with E-state index in [1.807, 2.05) is 30.3 Å². The summed E-state index contributed by atoms with van der Waals surface area (Å²) in [6, 6.07) is 16.1. The first-order valence-corrected chi connectivity index (χ1v) is 9.01. The third kappa shape index (κ3) is 2.89. The minimum absolute atomic E-state index is 0.00696. The van der Waals surface area contributed by atoms with Gasteiger partial charge in [-0.25, -0.2) is 13.4 Å². The number of rotatable bonds is 3. The molecule has 5 heteroatoms. The number of hydrogen-bond acceptors (Lipinski definition) is 4. The molecule has 0 atom stereocenters. The maximum atomic E-state index is 11.3. The molecule has 0 bridgehead atoms. The Balaban J connectivity index is 2.04. The van der Waals surface area contributed by atoms with E-state index in [4.69, 9.17) is 0 Å². The lowest BCUT2D eigenvalue weighted by atomic mass is 10.1. The van der Waals surface area contributed by atoms with E-state index in [0.29, 0.717) is 5.01 Å². The van der Waals surface area contributed by atoms with Gasteiger partial charge in [0.25, 0.3) is 0 Å². The maximum Gasteiger partial charge on any atom is 0.153 e. The molecule has 0 unspecified atom stereocenters. The molecule has 0 N–H and O–H groups in total. The second-order valence-electron chi connectivity index (χ2n) is 4.73. The molecule has 0 saturated carbocycles. The lowest BCUT2D eigenvalue weighted by molar-refractivity contribution is 0.601. The van der Waals surface area contributed by atoms with Gasteiger partial charge in [0, 0.05) is 6.26 Å². The summed E-state index contributed by atoms with van der Waals surface area (Å²) in [6.07, 6.45) is 1.23. The van der Waals surface area contributed by atoms with Crippen molar-refractivity contribution in [1.82, 2.24) is 4.98 Å². The molecule has 102 valence electrons. The van der Waals surface area contributed by atoms with Gasteiger partial charge in [-0.2, -0.15) is 0 Å². The highest BCUT2D eigenvalue weighted by Gasteiger charge is 2.10. The Labute approximate surface area is 121 Å². The molecule has 3 rings (SSSR count). The number of aromatic nitrogens is 1. The molecular weight excluding hydrogens is 290 g/mol. The van der Waals surface area contributed by atoms with Crippen molar-refractivity contribution in [2.75, 3.05) is 6.26 Å². The number of hydrogen-bond donors (Lipinski definition) is 0. The van der Waals surface area contributed by atoms with E-state index in [0.717, 1.165) is 21.3 Å². The van der Waals surface area contributed by atoms with Gasteiger partial charge in [-0.3, -0.25) is 0 Å². The number of thiazole rings is 1. The Morgan fingerprint density at radius 2 is 1.80 bits per heavy atom. The zero-order valence-corrected chi connectivity index (χ0v) is 12.5. The first-order chi connectivity index (χ1) is 9.51. The largest absolute Gasteiger partial charge is 0.240 e. The van der Waals surface area contributed by atoms with E-state index < -0.39 is 9.84 Å². The summed E-state index contributed by atoms with van der Waals surface area (Å²) < 4.78 is 23.7. The SMILES string of the molecule is CS(=O)(=O)Cc1nc2ccc(-c3ccccc3)cc2s1. The van der Waals surface area contributed by atoms with Crippen LogP contribution in [0.15, 0.2) is 48.5 Å². The molecule has 0 amide bonds. The third-order valence-electron chi connectivity index (χ3n) is 2.93. The fourth-order valence-corrected chi connectivity index (χ4v) is 4.26. The van der Waals surface area contributed by atoms with Crippen molar-refractivity contribution in [3.8, 4) is 11.1 Å². The highest BCUT2D eigenvalue weighted by molar-refractivity contribution is 7.90. The van der Waals surface area contributed by atoms with Crippen LogP contribution in [0.4, 0.5) is 0 Å². The fraction of sp³-hybridized carbons (Fsp3) is 0.133. The van der Waals surface area contributed by atoms with Gasteiger partial charge in [0.15, 0.2) is 9.84 Å². The number of fused-ring (bicyclic) bond motifs is 1. The van der Waals surface area contributed by atoms with Crippen LogP contribution in [0.5, 0.6) is 0 Å². The molecule has 1 heterocycles. The van der Waals surface area contributed by atoms with Crippen molar-refractivity contribution in [2.45, 2.75) is 5.75 Å². The van der Waals surface area contributed by atoms with Crippen molar-refractivity contribution < 1.29 is 8.42 Å². The topological polar surface area (TPSA) is 47.0 Å². The smallest absolute Gasteiger partial charge is 0.153 e. The fourth-order valence-electron chi connectivity index (χ4n) is 2.07. The van der Waals surface area contributed by atoms with Crippen molar-refractivity contribution in [1.29, 1.82) is 0 Å². The number of nitrogens with zero attached hydrogens (tertiary/aromatic N) is 1. The van der Waals surface area contributed by atoms with Gasteiger partial charge in [-0.1, -0.05) is 36.4 Å². The van der Waals surface area contributed by atoms with Crippen LogP contribution in [0, 0.1) is 0 Å². The van der Waals surface area contributed by atoms with Crippen LogP contribution in [-0.4, -0.2) is 19.7 Å². The van der Waals surface area contributed by atoms with Crippen LogP contribution >= 0.6 is 11.3 Å². The Bertz CT molecular complexity index is 852. The van der Waals surface area contributed by atoms with Crippen molar-refractivity contribution >= 4 is 31.4 Å². The second-order valence-corrected chi connectivity index (χ2v) is 7.98. The van der Waals surface area contributed by atoms with E-state index in [1.165, 1.54) is 17.6 Å². The van der Waals surface area contributed by atoms with Gasteiger partial charge in [0.1, 0.15) is 10.8 Å². The van der Waals surface area contributed by atoms with E-state index in [-0.39, 0.29) is 5.75 Å². The molecular formula is C15H13NO2S2. The molecule has 20 heavy (non-hydrogen) atoms. The van der Waals surface area contributed by atoms with E-state index in [9.17, 15) is 8.42 Å². The normalized spacial score (nSPS) is 11.8. The minimum Gasteiger partial charge on any atom is -0.240 e. The standard InChI is InChI=1S/C15H13NO2S2/c1-20(17,18)10-15-16-13-8-7-12(9-14(13)19-15)11-5-3-2-4-6-11/h2-9H,10H2,1H3. The van der Waals surface area contributed by atoms with Gasteiger partial charge >= 0.3 is 0 Å². The average Bonchev–Trinajstić information content (AvgIpc) is 2.78. The van der Waals surface area contributed by atoms with Crippen LogP contribution in [0.1, 0.15) is 5.01 Å². The minimum atomic E-state index is -3.04. The summed E-state index contributed by atoms with van der Waals surface area (Å²) >= 11 is 1.44. The van der Waals surface area contributed by atoms with Crippen molar-refractivity contribution in [3.63, 3.8) is 0 Å². The van der Waals surface area contributed by atoms with Crippen LogP contribution in [-0.2, 0) is 15.6 Å². The predicted molar refractivity (Wildman–Crippen MR) is 83.6 cm³/mol. The van der Waals surface area contributed by atoms with E-state index >= 15 is 0 Å². The number of sulfone groups is 1. The molecule has 0 fully saturated rings. The average molecular weight is 303 g/mol. The zero-order valence-electron chi connectivity index (χ0n) is 10.9. The van der Waals surface area contributed by atoms with E-state index in [2.05, 4.69) is 23.2 Å². The summed E-state index contributed by atoms with van der Waals surface area (Å²) in [4.78, 5) is 4.37. The van der Waals surface area contributed by atoms with Gasteiger partial charge in [-0.05, 0) is 23.3 Å². The first-order valence-electron chi connectivity index (χ1n) is 6.14. The van der Waals surface area contributed by atoms with Crippen LogP contribution in [0.25, 0.3) is 21.3 Å². The van der Waals surface area contributed by atoms with Gasteiger partial charge in [0.05, 0.1) is 10.2 Å². The Morgan fingerprint density at radius 1 is 1.05 bits per heavy atom. The lowest BCUT2D eigenvalue weighted by Gasteiger charge is -2.00. The highest BCUT2D eigenvalue weighted by Crippen LogP contribution is 2.28. The predicted octanol–water partition coefficient (Wildman–Crippen LogP) is 3.51. The van der Waals surface area contributed by atoms with Crippen LogP contribution < -0.4 is 0 Å². The first kappa shape index (κ1) is 13.3. The summed E-state index contributed by atoms with van der Waals surface area (Å²) in [5, 5.41) is 0.646. The lowest BCUT2D eigenvalue weighted by Crippen LogP contribution is -1.99. The summed E-state index contributed by atoms with van der Waals surface area (Å²) in [7, 11) is -3.04. The monoisotopic (exact) mass is 303 g/mol. The summed E-state index contributed by atoms with van der Waals surface area (Å²) in [6.45, 7) is 0. The molecule has 2 aromatic carbocycles. The summed E-state index contributed by atoms with van der Waals surface area (Å²) in [5.74, 6) is 0.00696. The third-order valence-corrected chi connectivity index (χ3v) is 4.92. The molecule has 0 radical (unpaired) electrons. The Kier molecular flexibility index (Phi) is 3.31. The molecule has 0 aliphatic rings. The highest BCUT2D eigenvalue weighted by atomic mass is 32.2. The quantitative estimate of drug-likeness (QED) is 0.744. The number of benzene rings is 2. The van der Waals surface area contributed by atoms with E-state index in [1.54, 1.807) is 0 Å².